The van der Waals surface area contributed by atoms with E-state index in [1.54, 1.807) is 12.4 Å². The van der Waals surface area contributed by atoms with Crippen LogP contribution in [0.1, 0.15) is 5.56 Å². The molecule has 0 radical (unpaired) electrons. The number of benzene rings is 1. The molecule has 0 aliphatic rings. The second-order valence-corrected chi connectivity index (χ2v) is 4.35. The van der Waals surface area contributed by atoms with Gasteiger partial charge in [0.1, 0.15) is 5.69 Å². The van der Waals surface area contributed by atoms with Crippen LogP contribution in [-0.2, 0) is 0 Å². The third-order valence-electron chi connectivity index (χ3n) is 2.90. The average molecular weight is 247 g/mol. The number of hydrogen-bond acceptors (Lipinski definition) is 3. The molecular weight excluding hydrogens is 234 g/mol. The lowest BCUT2D eigenvalue weighted by molar-refractivity contribution is 1.14. The van der Waals surface area contributed by atoms with Gasteiger partial charge in [0.25, 0.3) is 0 Å². The van der Waals surface area contributed by atoms with Gasteiger partial charge in [0.2, 0.25) is 0 Å². The molecule has 0 amide bonds. The van der Waals surface area contributed by atoms with E-state index < -0.39 is 0 Å². The highest BCUT2D eigenvalue weighted by Crippen LogP contribution is 2.19. The van der Waals surface area contributed by atoms with E-state index in [-0.39, 0.29) is 0 Å². The summed E-state index contributed by atoms with van der Waals surface area (Å²) in [6.45, 7) is 2.07. The molecule has 0 aliphatic heterocycles. The van der Waals surface area contributed by atoms with E-state index in [1.807, 2.05) is 24.3 Å². The van der Waals surface area contributed by atoms with Gasteiger partial charge in [-0.1, -0.05) is 35.9 Å². The lowest BCUT2D eigenvalue weighted by Gasteiger charge is -2.04. The van der Waals surface area contributed by atoms with Gasteiger partial charge in [-0.3, -0.25) is 4.98 Å². The Hall–Kier alpha value is -2.55. The molecule has 3 rings (SSSR count). The summed E-state index contributed by atoms with van der Waals surface area (Å²) in [5.74, 6) is 0.652. The van der Waals surface area contributed by atoms with Crippen LogP contribution in [0.4, 0.5) is 0 Å². The standard InChI is InChI=1S/C16H13N3/c1-12-5-7-13(8-6-12)14-9-11-18-16(19-14)15-4-2-3-10-17-15/h2-11H,1H3. The van der Waals surface area contributed by atoms with Crippen molar-refractivity contribution in [2.45, 2.75) is 6.92 Å². The van der Waals surface area contributed by atoms with E-state index in [0.717, 1.165) is 17.0 Å². The van der Waals surface area contributed by atoms with Crippen LogP contribution in [0.15, 0.2) is 60.9 Å². The summed E-state index contributed by atoms with van der Waals surface area (Å²) in [5, 5.41) is 0. The zero-order chi connectivity index (χ0) is 13.1. The Labute approximate surface area is 112 Å². The zero-order valence-electron chi connectivity index (χ0n) is 10.6. The fourth-order valence-corrected chi connectivity index (χ4v) is 1.86. The van der Waals surface area contributed by atoms with Gasteiger partial charge in [-0.05, 0) is 25.1 Å². The second kappa shape index (κ2) is 4.98. The topological polar surface area (TPSA) is 38.7 Å². The third-order valence-corrected chi connectivity index (χ3v) is 2.90. The minimum absolute atomic E-state index is 0.652. The summed E-state index contributed by atoms with van der Waals surface area (Å²) in [4.78, 5) is 13.1. The van der Waals surface area contributed by atoms with E-state index in [1.165, 1.54) is 5.56 Å². The van der Waals surface area contributed by atoms with Gasteiger partial charge in [-0.2, -0.15) is 0 Å². The maximum atomic E-state index is 4.57. The quantitative estimate of drug-likeness (QED) is 0.695. The second-order valence-electron chi connectivity index (χ2n) is 4.35. The summed E-state index contributed by atoms with van der Waals surface area (Å²) in [7, 11) is 0. The number of nitrogens with zero attached hydrogens (tertiary/aromatic N) is 3. The van der Waals surface area contributed by atoms with E-state index in [0.29, 0.717) is 5.82 Å². The van der Waals surface area contributed by atoms with Crippen LogP contribution in [0.5, 0.6) is 0 Å². The number of pyridine rings is 1. The molecule has 3 aromatic rings. The third kappa shape index (κ3) is 2.50. The lowest BCUT2D eigenvalue weighted by Crippen LogP contribution is -1.93. The van der Waals surface area contributed by atoms with Crippen molar-refractivity contribution in [1.82, 2.24) is 15.0 Å². The van der Waals surface area contributed by atoms with Gasteiger partial charge >= 0.3 is 0 Å². The zero-order valence-corrected chi connectivity index (χ0v) is 10.6. The maximum Gasteiger partial charge on any atom is 0.178 e. The molecule has 19 heavy (non-hydrogen) atoms. The van der Waals surface area contributed by atoms with Gasteiger partial charge in [0, 0.05) is 18.0 Å². The average Bonchev–Trinajstić information content (AvgIpc) is 2.49. The Kier molecular flexibility index (Phi) is 3.02. The fourth-order valence-electron chi connectivity index (χ4n) is 1.86. The van der Waals surface area contributed by atoms with Crippen molar-refractivity contribution in [3.8, 4) is 22.8 Å². The van der Waals surface area contributed by atoms with E-state index >= 15 is 0 Å². The van der Waals surface area contributed by atoms with E-state index in [4.69, 9.17) is 0 Å². The molecule has 92 valence electrons. The van der Waals surface area contributed by atoms with Crippen LogP contribution < -0.4 is 0 Å². The fraction of sp³-hybridized carbons (Fsp3) is 0.0625. The molecule has 0 saturated carbocycles. The van der Waals surface area contributed by atoms with Gasteiger partial charge < -0.3 is 0 Å². The predicted octanol–water partition coefficient (Wildman–Crippen LogP) is 3.51. The normalized spacial score (nSPS) is 10.4. The van der Waals surface area contributed by atoms with Crippen LogP contribution in [0, 0.1) is 6.92 Å². The first-order valence-corrected chi connectivity index (χ1v) is 6.14. The van der Waals surface area contributed by atoms with Crippen LogP contribution in [-0.4, -0.2) is 15.0 Å². The van der Waals surface area contributed by atoms with Crippen molar-refractivity contribution in [2.75, 3.05) is 0 Å². The summed E-state index contributed by atoms with van der Waals surface area (Å²) in [5.41, 5.74) is 4.03. The van der Waals surface area contributed by atoms with Crippen LogP contribution in [0.3, 0.4) is 0 Å². The predicted molar refractivity (Wildman–Crippen MR) is 75.4 cm³/mol. The molecule has 3 nitrogen and oxygen atoms in total. The van der Waals surface area contributed by atoms with Gasteiger partial charge in [0.15, 0.2) is 5.82 Å². The molecule has 2 aromatic heterocycles. The van der Waals surface area contributed by atoms with Gasteiger partial charge in [-0.25, -0.2) is 9.97 Å². The molecule has 0 atom stereocenters. The van der Waals surface area contributed by atoms with E-state index in [2.05, 4.69) is 46.1 Å². The number of aromatic nitrogens is 3. The molecule has 0 fully saturated rings. The molecule has 0 unspecified atom stereocenters. The minimum atomic E-state index is 0.652. The van der Waals surface area contributed by atoms with Crippen molar-refractivity contribution in [1.29, 1.82) is 0 Å². The SMILES string of the molecule is Cc1ccc(-c2ccnc(-c3ccccn3)n2)cc1. The first-order valence-electron chi connectivity index (χ1n) is 6.14. The Morgan fingerprint density at radius 2 is 1.58 bits per heavy atom. The highest BCUT2D eigenvalue weighted by atomic mass is 14.9. The molecule has 0 bridgehead atoms. The highest BCUT2D eigenvalue weighted by Gasteiger charge is 2.04. The molecule has 3 heteroatoms. The van der Waals surface area contributed by atoms with Crippen molar-refractivity contribution >= 4 is 0 Å². The lowest BCUT2D eigenvalue weighted by atomic mass is 10.1. The first-order chi connectivity index (χ1) is 9.33. The van der Waals surface area contributed by atoms with Gasteiger partial charge in [0.05, 0.1) is 5.69 Å². The summed E-state index contributed by atoms with van der Waals surface area (Å²) in [6, 6.07) is 15.9. The smallest absolute Gasteiger partial charge is 0.178 e. The van der Waals surface area contributed by atoms with Crippen LogP contribution in [0.2, 0.25) is 0 Å². The van der Waals surface area contributed by atoms with Crippen molar-refractivity contribution in [2.24, 2.45) is 0 Å². The number of rotatable bonds is 2. The number of aryl methyl sites for hydroxylation is 1. The first kappa shape index (κ1) is 11.5. The molecular formula is C16H13N3. The summed E-state index contributed by atoms with van der Waals surface area (Å²) < 4.78 is 0. The monoisotopic (exact) mass is 247 g/mol. The van der Waals surface area contributed by atoms with Crippen molar-refractivity contribution < 1.29 is 0 Å². The van der Waals surface area contributed by atoms with Crippen molar-refractivity contribution in [3.05, 3.63) is 66.5 Å². The molecule has 0 saturated heterocycles. The molecule has 0 N–H and O–H groups in total. The largest absolute Gasteiger partial charge is 0.253 e. The Balaban J connectivity index is 2.03. The molecule has 0 aliphatic carbocycles. The Morgan fingerprint density at radius 1 is 0.737 bits per heavy atom. The summed E-state index contributed by atoms with van der Waals surface area (Å²) in [6.07, 6.45) is 3.52. The molecule has 2 heterocycles. The highest BCUT2D eigenvalue weighted by molar-refractivity contribution is 5.62. The Morgan fingerprint density at radius 3 is 2.32 bits per heavy atom. The number of hydrogen-bond donors (Lipinski definition) is 0. The van der Waals surface area contributed by atoms with Crippen LogP contribution in [0.25, 0.3) is 22.8 Å². The maximum absolute atomic E-state index is 4.57. The summed E-state index contributed by atoms with van der Waals surface area (Å²) >= 11 is 0. The molecule has 1 aromatic carbocycles. The minimum Gasteiger partial charge on any atom is -0.253 e. The van der Waals surface area contributed by atoms with Gasteiger partial charge in [-0.15, -0.1) is 0 Å². The van der Waals surface area contributed by atoms with Crippen molar-refractivity contribution in [3.63, 3.8) is 0 Å². The van der Waals surface area contributed by atoms with E-state index in [9.17, 15) is 0 Å². The molecule has 0 spiro atoms. The van der Waals surface area contributed by atoms with Crippen LogP contribution >= 0.6 is 0 Å². The Bertz CT molecular complexity index is 676.